The molecule has 70 valence electrons. The van der Waals surface area contributed by atoms with Gasteiger partial charge < -0.3 is 9.84 Å². The first kappa shape index (κ1) is 10.3. The van der Waals surface area contributed by atoms with Gasteiger partial charge in [-0.2, -0.15) is 0 Å². The molecule has 0 aromatic carbocycles. The molecule has 0 fully saturated rings. The van der Waals surface area contributed by atoms with Crippen LogP contribution in [0.3, 0.4) is 0 Å². The summed E-state index contributed by atoms with van der Waals surface area (Å²) >= 11 is 1.63. The molecule has 0 unspecified atom stereocenters. The number of hydrogen-bond acceptors (Lipinski definition) is 3. The smallest absolute Gasteiger partial charge is 0.104 e. The molecule has 3 heteroatoms. The second-order valence-corrected chi connectivity index (χ2v) is 3.39. The Labute approximate surface area is 82.2 Å². The van der Waals surface area contributed by atoms with Crippen molar-refractivity contribution < 1.29 is 9.84 Å². The molecule has 0 saturated carbocycles. The van der Waals surface area contributed by atoms with E-state index in [1.807, 2.05) is 18.4 Å². The van der Waals surface area contributed by atoms with Crippen molar-refractivity contribution in [2.24, 2.45) is 0 Å². The lowest BCUT2D eigenvalue weighted by Gasteiger charge is -1.94. The summed E-state index contributed by atoms with van der Waals surface area (Å²) < 4.78 is 5.25. The van der Waals surface area contributed by atoms with E-state index in [1.165, 1.54) is 4.88 Å². The zero-order chi connectivity index (χ0) is 9.52. The maximum atomic E-state index is 8.48. The summed E-state index contributed by atoms with van der Waals surface area (Å²) in [5.74, 6) is 5.45. The van der Waals surface area contributed by atoms with Crippen molar-refractivity contribution in [1.29, 1.82) is 0 Å². The Morgan fingerprint density at radius 2 is 2.46 bits per heavy atom. The second-order valence-electron chi connectivity index (χ2n) is 2.40. The van der Waals surface area contributed by atoms with Crippen molar-refractivity contribution in [2.45, 2.75) is 13.5 Å². The highest BCUT2D eigenvalue weighted by molar-refractivity contribution is 7.10. The maximum Gasteiger partial charge on any atom is 0.104 e. The number of rotatable bonds is 3. The third-order valence-corrected chi connectivity index (χ3v) is 2.32. The van der Waals surface area contributed by atoms with E-state index in [9.17, 15) is 0 Å². The molecule has 0 aliphatic carbocycles. The Morgan fingerprint density at radius 1 is 1.62 bits per heavy atom. The van der Waals surface area contributed by atoms with Gasteiger partial charge in [-0.05, 0) is 13.0 Å². The first-order valence-corrected chi connectivity index (χ1v) is 4.99. The Balaban J connectivity index is 2.53. The zero-order valence-electron chi connectivity index (χ0n) is 7.54. The van der Waals surface area contributed by atoms with Crippen LogP contribution >= 0.6 is 11.3 Å². The molecule has 1 rings (SSSR count). The van der Waals surface area contributed by atoms with Crippen molar-refractivity contribution >= 4 is 11.3 Å². The van der Waals surface area contributed by atoms with Crippen LogP contribution in [-0.4, -0.2) is 18.3 Å². The lowest BCUT2D eigenvalue weighted by Crippen LogP contribution is -1.87. The van der Waals surface area contributed by atoms with E-state index in [4.69, 9.17) is 9.84 Å². The average molecular weight is 196 g/mol. The minimum Gasteiger partial charge on any atom is -0.384 e. The SMILES string of the molecule is CCOCc1cc(C#CCO)cs1. The van der Waals surface area contributed by atoms with Gasteiger partial charge >= 0.3 is 0 Å². The fourth-order valence-electron chi connectivity index (χ4n) is 0.866. The Morgan fingerprint density at radius 3 is 3.15 bits per heavy atom. The molecular weight excluding hydrogens is 184 g/mol. The van der Waals surface area contributed by atoms with E-state index in [0.717, 1.165) is 12.2 Å². The van der Waals surface area contributed by atoms with Gasteiger partial charge in [0, 0.05) is 22.4 Å². The Bertz CT molecular complexity index is 306. The highest BCUT2D eigenvalue weighted by Crippen LogP contribution is 2.14. The summed E-state index contributed by atoms with van der Waals surface area (Å²) in [6.45, 7) is 3.27. The monoisotopic (exact) mass is 196 g/mol. The number of thiophene rings is 1. The molecule has 2 nitrogen and oxygen atoms in total. The van der Waals surface area contributed by atoms with Crippen molar-refractivity contribution in [3.8, 4) is 11.8 Å². The summed E-state index contributed by atoms with van der Waals surface area (Å²) in [5.41, 5.74) is 0.953. The van der Waals surface area contributed by atoms with Gasteiger partial charge in [0.25, 0.3) is 0 Å². The van der Waals surface area contributed by atoms with Gasteiger partial charge in [-0.1, -0.05) is 11.8 Å². The topological polar surface area (TPSA) is 29.5 Å². The first-order valence-electron chi connectivity index (χ1n) is 4.11. The molecule has 1 heterocycles. The molecule has 0 radical (unpaired) electrons. The minimum atomic E-state index is -0.0867. The summed E-state index contributed by atoms with van der Waals surface area (Å²) in [6, 6.07) is 1.99. The molecule has 0 amide bonds. The molecule has 0 aliphatic rings. The van der Waals surface area contributed by atoms with Crippen LogP contribution < -0.4 is 0 Å². The zero-order valence-corrected chi connectivity index (χ0v) is 8.36. The molecule has 13 heavy (non-hydrogen) atoms. The minimum absolute atomic E-state index is 0.0867. The maximum absolute atomic E-state index is 8.48. The van der Waals surface area contributed by atoms with Gasteiger partial charge in [0.1, 0.15) is 6.61 Å². The van der Waals surface area contributed by atoms with Crippen molar-refractivity contribution in [2.75, 3.05) is 13.2 Å². The Hall–Kier alpha value is -0.820. The van der Waals surface area contributed by atoms with Gasteiger partial charge in [0.05, 0.1) is 6.61 Å². The summed E-state index contributed by atoms with van der Waals surface area (Å²) in [7, 11) is 0. The van der Waals surface area contributed by atoms with Crippen LogP contribution in [0.25, 0.3) is 0 Å². The summed E-state index contributed by atoms with van der Waals surface area (Å²) in [4.78, 5) is 1.17. The van der Waals surface area contributed by atoms with Crippen molar-refractivity contribution in [3.05, 3.63) is 21.9 Å². The molecular formula is C10H12O2S. The first-order chi connectivity index (χ1) is 6.36. The fraction of sp³-hybridized carbons (Fsp3) is 0.400. The predicted molar refractivity (Wildman–Crippen MR) is 53.6 cm³/mol. The van der Waals surface area contributed by atoms with Crippen LogP contribution in [0.2, 0.25) is 0 Å². The molecule has 0 saturated heterocycles. The quantitative estimate of drug-likeness (QED) is 0.744. The molecule has 1 aromatic rings. The number of ether oxygens (including phenoxy) is 1. The third kappa shape index (κ3) is 3.60. The van der Waals surface area contributed by atoms with E-state index >= 15 is 0 Å². The van der Waals surface area contributed by atoms with Gasteiger partial charge in [0.15, 0.2) is 0 Å². The van der Waals surface area contributed by atoms with Crippen LogP contribution in [0.15, 0.2) is 11.4 Å². The largest absolute Gasteiger partial charge is 0.384 e. The van der Waals surface area contributed by atoms with E-state index in [0.29, 0.717) is 6.61 Å². The predicted octanol–water partition coefficient (Wildman–Crippen LogP) is 1.63. The molecule has 0 spiro atoms. The molecule has 0 bridgehead atoms. The third-order valence-electron chi connectivity index (χ3n) is 1.41. The standard InChI is InChI=1S/C10H12O2S/c1-2-12-7-10-6-9(8-13-10)4-3-5-11/h6,8,11H,2,5,7H2,1H3. The van der Waals surface area contributed by atoms with E-state index < -0.39 is 0 Å². The molecule has 1 N–H and O–H groups in total. The lowest BCUT2D eigenvalue weighted by molar-refractivity contribution is 0.136. The van der Waals surface area contributed by atoms with Gasteiger partial charge in [-0.15, -0.1) is 11.3 Å². The summed E-state index contributed by atoms with van der Waals surface area (Å²) in [6.07, 6.45) is 0. The van der Waals surface area contributed by atoms with E-state index in [2.05, 4.69) is 11.8 Å². The summed E-state index contributed by atoms with van der Waals surface area (Å²) in [5, 5.41) is 10.5. The van der Waals surface area contributed by atoms with Gasteiger partial charge in [-0.3, -0.25) is 0 Å². The van der Waals surface area contributed by atoms with Gasteiger partial charge in [-0.25, -0.2) is 0 Å². The van der Waals surface area contributed by atoms with E-state index in [1.54, 1.807) is 11.3 Å². The normalized spacial score (nSPS) is 9.38. The van der Waals surface area contributed by atoms with Crippen LogP contribution in [0.5, 0.6) is 0 Å². The molecule has 0 atom stereocenters. The van der Waals surface area contributed by atoms with Crippen LogP contribution in [0.1, 0.15) is 17.4 Å². The second kappa shape index (κ2) is 5.76. The van der Waals surface area contributed by atoms with Crippen LogP contribution in [-0.2, 0) is 11.3 Å². The fourth-order valence-corrected chi connectivity index (χ4v) is 1.62. The molecule has 0 aliphatic heterocycles. The lowest BCUT2D eigenvalue weighted by atomic mass is 10.3. The van der Waals surface area contributed by atoms with Crippen LogP contribution in [0.4, 0.5) is 0 Å². The van der Waals surface area contributed by atoms with Crippen molar-refractivity contribution in [3.63, 3.8) is 0 Å². The van der Waals surface area contributed by atoms with Crippen LogP contribution in [0, 0.1) is 11.8 Å². The van der Waals surface area contributed by atoms with Gasteiger partial charge in [0.2, 0.25) is 0 Å². The highest BCUT2D eigenvalue weighted by Gasteiger charge is 1.96. The molecule has 1 aromatic heterocycles. The number of aliphatic hydroxyl groups excluding tert-OH is 1. The number of hydrogen-bond donors (Lipinski definition) is 1. The average Bonchev–Trinajstić information content (AvgIpc) is 2.59. The number of aliphatic hydroxyl groups is 1. The highest BCUT2D eigenvalue weighted by atomic mass is 32.1. The van der Waals surface area contributed by atoms with Crippen molar-refractivity contribution in [1.82, 2.24) is 0 Å². The van der Waals surface area contributed by atoms with E-state index in [-0.39, 0.29) is 6.61 Å². The Kier molecular flexibility index (Phi) is 4.55.